The fraction of sp³-hybridized carbons (Fsp3) is 0.368. The number of carbonyl (C=O) groups excluding carboxylic acids is 1. The molecule has 26 heavy (non-hydrogen) atoms. The van der Waals surface area contributed by atoms with E-state index >= 15 is 0 Å². The second kappa shape index (κ2) is 6.48. The van der Waals surface area contributed by atoms with E-state index in [2.05, 4.69) is 4.98 Å². The topological polar surface area (TPSA) is 99.3 Å². The van der Waals surface area contributed by atoms with Gasteiger partial charge >= 0.3 is 0 Å². The largest absolute Gasteiger partial charge is 0.481 e. The molecule has 0 aliphatic heterocycles. The Balaban J connectivity index is 1.80. The van der Waals surface area contributed by atoms with Gasteiger partial charge in [-0.2, -0.15) is 0 Å². The summed E-state index contributed by atoms with van der Waals surface area (Å²) in [6, 6.07) is 10.1. The number of ether oxygens (including phenoxy) is 1. The molecule has 3 rings (SSSR count). The van der Waals surface area contributed by atoms with E-state index in [1.807, 2.05) is 19.9 Å². The van der Waals surface area contributed by atoms with E-state index in [-0.39, 0.29) is 34.4 Å². The van der Waals surface area contributed by atoms with Gasteiger partial charge in [0.2, 0.25) is 15.9 Å². The number of hydrogen-bond donors (Lipinski definition) is 1. The molecule has 1 aliphatic rings. The van der Waals surface area contributed by atoms with E-state index in [0.29, 0.717) is 5.88 Å². The van der Waals surface area contributed by atoms with Crippen molar-refractivity contribution in [3.63, 3.8) is 0 Å². The maximum atomic E-state index is 12.9. The molecule has 2 aromatic rings. The summed E-state index contributed by atoms with van der Waals surface area (Å²) in [6.45, 7) is 4.10. The summed E-state index contributed by atoms with van der Waals surface area (Å²) in [4.78, 5) is 17.1. The number of benzene rings is 1. The number of rotatable bonds is 6. The first-order chi connectivity index (χ1) is 12.2. The van der Waals surface area contributed by atoms with E-state index in [4.69, 9.17) is 9.88 Å². The van der Waals surface area contributed by atoms with Gasteiger partial charge in [-0.3, -0.25) is 4.79 Å². The normalized spacial score (nSPS) is 21.2. The number of methoxy groups -OCH3 is 1. The highest BCUT2D eigenvalue weighted by Crippen LogP contribution is 2.65. The molecule has 0 radical (unpaired) electrons. The Bertz CT molecular complexity index is 936. The van der Waals surface area contributed by atoms with Crippen LogP contribution in [0.25, 0.3) is 0 Å². The molecule has 1 aromatic carbocycles. The number of sulfonamides is 1. The van der Waals surface area contributed by atoms with Gasteiger partial charge in [0.25, 0.3) is 0 Å². The van der Waals surface area contributed by atoms with Crippen molar-refractivity contribution in [1.29, 1.82) is 0 Å². The van der Waals surface area contributed by atoms with Crippen LogP contribution in [-0.2, 0) is 21.2 Å². The third kappa shape index (κ3) is 3.37. The number of ketones is 1. The van der Waals surface area contributed by atoms with Crippen molar-refractivity contribution >= 4 is 15.8 Å². The summed E-state index contributed by atoms with van der Waals surface area (Å²) in [5.41, 5.74) is 1.53. The fourth-order valence-corrected chi connectivity index (χ4v) is 4.28. The predicted octanol–water partition coefficient (Wildman–Crippen LogP) is 2.29. The van der Waals surface area contributed by atoms with Crippen molar-refractivity contribution in [3.8, 4) is 5.88 Å². The summed E-state index contributed by atoms with van der Waals surface area (Å²) in [6.07, 6.45) is 1.89. The highest BCUT2D eigenvalue weighted by Gasteiger charge is 2.61. The van der Waals surface area contributed by atoms with Crippen LogP contribution in [0.4, 0.5) is 0 Å². The van der Waals surface area contributed by atoms with Gasteiger partial charge in [0.05, 0.1) is 12.0 Å². The van der Waals surface area contributed by atoms with Crippen LogP contribution in [0.5, 0.6) is 5.88 Å². The second-order valence-electron chi connectivity index (χ2n) is 7.21. The van der Waals surface area contributed by atoms with Crippen molar-refractivity contribution in [3.05, 3.63) is 53.7 Å². The minimum Gasteiger partial charge on any atom is -0.481 e. The molecule has 7 heteroatoms. The first kappa shape index (κ1) is 18.5. The fourth-order valence-electron chi connectivity index (χ4n) is 3.77. The van der Waals surface area contributed by atoms with E-state index in [9.17, 15) is 13.2 Å². The lowest BCUT2D eigenvalue weighted by atomic mass is 10.0. The molecule has 6 nitrogen and oxygen atoms in total. The summed E-state index contributed by atoms with van der Waals surface area (Å²) < 4.78 is 28.0. The molecule has 0 unspecified atom stereocenters. The zero-order valence-corrected chi connectivity index (χ0v) is 15.8. The zero-order chi connectivity index (χ0) is 19.1. The van der Waals surface area contributed by atoms with Gasteiger partial charge in [0.1, 0.15) is 5.78 Å². The number of primary sulfonamides is 1. The minimum atomic E-state index is -3.72. The number of hydrogen-bond acceptors (Lipinski definition) is 5. The predicted molar refractivity (Wildman–Crippen MR) is 97.3 cm³/mol. The van der Waals surface area contributed by atoms with Crippen molar-refractivity contribution in [2.45, 2.75) is 31.1 Å². The van der Waals surface area contributed by atoms with Crippen LogP contribution in [0, 0.1) is 11.3 Å². The van der Waals surface area contributed by atoms with Crippen molar-refractivity contribution < 1.29 is 17.9 Å². The average Bonchev–Trinajstić information content (AvgIpc) is 3.17. The Labute approximate surface area is 153 Å². The molecule has 2 N–H and O–H groups in total. The first-order valence-corrected chi connectivity index (χ1v) is 9.84. The maximum absolute atomic E-state index is 12.9. The molecule has 1 fully saturated rings. The molecule has 1 heterocycles. The van der Waals surface area contributed by atoms with Gasteiger partial charge < -0.3 is 4.74 Å². The van der Waals surface area contributed by atoms with Crippen LogP contribution in [0.15, 0.2) is 47.5 Å². The third-order valence-corrected chi connectivity index (χ3v) is 6.08. The van der Waals surface area contributed by atoms with Gasteiger partial charge in [-0.15, -0.1) is 0 Å². The molecular weight excluding hydrogens is 352 g/mol. The van der Waals surface area contributed by atoms with E-state index in [1.165, 1.54) is 19.2 Å². The Kier molecular flexibility index (Phi) is 4.62. The van der Waals surface area contributed by atoms with Crippen molar-refractivity contribution in [2.75, 3.05) is 7.11 Å². The van der Waals surface area contributed by atoms with Gasteiger partial charge in [-0.25, -0.2) is 18.5 Å². The van der Waals surface area contributed by atoms with E-state index in [1.54, 1.807) is 24.4 Å². The van der Waals surface area contributed by atoms with Gasteiger partial charge in [-0.05, 0) is 35.1 Å². The lowest BCUT2D eigenvalue weighted by Crippen LogP contribution is -2.12. The monoisotopic (exact) mass is 374 g/mol. The molecule has 1 saturated carbocycles. The summed E-state index contributed by atoms with van der Waals surface area (Å²) in [5, 5.41) is 5.14. The average molecular weight is 374 g/mol. The Morgan fingerprint density at radius 1 is 1.23 bits per heavy atom. The van der Waals surface area contributed by atoms with Crippen molar-refractivity contribution in [1.82, 2.24) is 4.98 Å². The first-order valence-electron chi connectivity index (χ1n) is 8.29. The van der Waals surface area contributed by atoms with Crippen LogP contribution in [-0.4, -0.2) is 26.3 Å². The molecule has 1 aromatic heterocycles. The van der Waals surface area contributed by atoms with Gasteiger partial charge in [0.15, 0.2) is 0 Å². The number of nitrogens with two attached hydrogens (primary N) is 1. The standard InChI is InChI=1S/C19H22N2O4S/c1-19(2)16(12-6-8-14(9-7-12)26(20,23)24)17(19)15(22)11-13-5-4-10-21-18(13)25-3/h4-10,16-17H,11H2,1-3H3,(H2,20,23,24)/t16-,17-/m1/s1. The van der Waals surface area contributed by atoms with Crippen LogP contribution < -0.4 is 9.88 Å². The molecule has 2 atom stereocenters. The molecule has 0 amide bonds. The molecule has 0 spiro atoms. The third-order valence-electron chi connectivity index (χ3n) is 5.15. The van der Waals surface area contributed by atoms with Crippen LogP contribution >= 0.6 is 0 Å². The van der Waals surface area contributed by atoms with Gasteiger partial charge in [0, 0.05) is 24.1 Å². The highest BCUT2D eigenvalue weighted by atomic mass is 32.2. The maximum Gasteiger partial charge on any atom is 0.238 e. The Morgan fingerprint density at radius 2 is 1.88 bits per heavy atom. The number of carbonyl (C=O) groups is 1. The molecular formula is C19H22N2O4S. The second-order valence-corrected chi connectivity index (χ2v) is 8.77. The number of pyridine rings is 1. The summed E-state index contributed by atoms with van der Waals surface area (Å²) in [5.74, 6) is 0.509. The summed E-state index contributed by atoms with van der Waals surface area (Å²) in [7, 11) is -2.18. The van der Waals surface area contributed by atoms with E-state index < -0.39 is 10.0 Å². The van der Waals surface area contributed by atoms with Gasteiger partial charge in [-0.1, -0.05) is 32.0 Å². The molecule has 138 valence electrons. The number of Topliss-reactive ketones (excluding diaryl/α,β-unsaturated/α-hetero) is 1. The number of nitrogens with zero attached hydrogens (tertiary/aromatic N) is 1. The zero-order valence-electron chi connectivity index (χ0n) is 15.0. The lowest BCUT2D eigenvalue weighted by molar-refractivity contribution is -0.120. The Morgan fingerprint density at radius 3 is 2.46 bits per heavy atom. The molecule has 0 bridgehead atoms. The quantitative estimate of drug-likeness (QED) is 0.836. The molecule has 0 saturated heterocycles. The highest BCUT2D eigenvalue weighted by molar-refractivity contribution is 7.89. The van der Waals surface area contributed by atoms with E-state index in [0.717, 1.165) is 11.1 Å². The molecule has 1 aliphatic carbocycles. The lowest BCUT2D eigenvalue weighted by Gasteiger charge is -2.06. The number of aromatic nitrogens is 1. The van der Waals surface area contributed by atoms with Crippen LogP contribution in [0.3, 0.4) is 0 Å². The minimum absolute atomic E-state index is 0.0483. The van der Waals surface area contributed by atoms with Crippen LogP contribution in [0.2, 0.25) is 0 Å². The van der Waals surface area contributed by atoms with Crippen LogP contribution in [0.1, 0.15) is 30.9 Å². The SMILES string of the molecule is COc1ncccc1CC(=O)[C@@H]1[C@@H](c2ccc(S(N)(=O)=O)cc2)C1(C)C. The van der Waals surface area contributed by atoms with Crippen molar-refractivity contribution in [2.24, 2.45) is 16.5 Å². The Hall–Kier alpha value is -2.25. The smallest absolute Gasteiger partial charge is 0.238 e. The summed E-state index contributed by atoms with van der Waals surface area (Å²) >= 11 is 0.